The van der Waals surface area contributed by atoms with Gasteiger partial charge in [-0.15, -0.1) is 0 Å². The fourth-order valence-corrected chi connectivity index (χ4v) is 3.40. The number of Topliss-reactive ketones (excluding diaryl/α,β-unsaturated/α-hetero) is 1. The van der Waals surface area contributed by atoms with Crippen LogP contribution in [0.1, 0.15) is 44.7 Å². The molecular weight excluding hydrogens is 412 g/mol. The van der Waals surface area contributed by atoms with E-state index in [1.807, 2.05) is 25.1 Å². The molecule has 0 spiro atoms. The maximum Gasteiger partial charge on any atom is 0.328 e. The highest BCUT2D eigenvalue weighted by Crippen LogP contribution is 2.22. The first-order valence-corrected chi connectivity index (χ1v) is 10.5. The second-order valence-corrected chi connectivity index (χ2v) is 7.96. The van der Waals surface area contributed by atoms with Crippen molar-refractivity contribution in [2.45, 2.75) is 65.1 Å². The lowest BCUT2D eigenvalue weighted by Gasteiger charge is -2.23. The van der Waals surface area contributed by atoms with Crippen LogP contribution in [0.4, 0.5) is 0 Å². The van der Waals surface area contributed by atoms with Crippen LogP contribution in [0.3, 0.4) is 0 Å². The quantitative estimate of drug-likeness (QED) is 0.311. The Morgan fingerprint density at radius 3 is 2.50 bits per heavy atom. The first-order chi connectivity index (χ1) is 15.1. The molecule has 0 aliphatic carbocycles. The minimum absolute atomic E-state index is 0.00935. The number of nitrogens with one attached hydrogen (secondary N) is 4. The number of ether oxygens (including phenoxy) is 1. The second kappa shape index (κ2) is 11.2. The molecule has 9 heteroatoms. The Kier molecular flexibility index (Phi) is 8.69. The van der Waals surface area contributed by atoms with Crippen molar-refractivity contribution in [3.8, 4) is 0 Å². The van der Waals surface area contributed by atoms with Crippen molar-refractivity contribution in [3.05, 3.63) is 35.5 Å². The smallest absolute Gasteiger partial charge is 0.328 e. The lowest BCUT2D eigenvalue weighted by atomic mass is 10.0. The van der Waals surface area contributed by atoms with Crippen LogP contribution in [0.2, 0.25) is 0 Å². The lowest BCUT2D eigenvalue weighted by molar-refractivity contribution is -0.151. The average Bonchev–Trinajstić information content (AvgIpc) is 3.13. The molecule has 1 aromatic carbocycles. The molecule has 2 rings (SSSR count). The number of aryl methyl sites for hydroxylation is 1. The van der Waals surface area contributed by atoms with Gasteiger partial charge in [-0.05, 0) is 38.3 Å². The van der Waals surface area contributed by atoms with Crippen molar-refractivity contribution in [2.24, 2.45) is 0 Å². The Bertz CT molecular complexity index is 1010. The molecule has 2 atom stereocenters. The molecule has 4 N–H and O–H groups in total. The largest absolute Gasteiger partial charge is 0.461 e. The van der Waals surface area contributed by atoms with E-state index < -0.39 is 35.8 Å². The third kappa shape index (κ3) is 6.76. The number of amides is 2. The van der Waals surface area contributed by atoms with E-state index in [9.17, 15) is 19.2 Å². The summed E-state index contributed by atoms with van der Waals surface area (Å²) in [5.74, 6) is -2.08. The van der Waals surface area contributed by atoms with E-state index >= 15 is 0 Å². The van der Waals surface area contributed by atoms with Crippen LogP contribution in [-0.4, -0.2) is 53.0 Å². The third-order valence-corrected chi connectivity index (χ3v) is 4.92. The lowest BCUT2D eigenvalue weighted by Crippen LogP contribution is -2.52. The Morgan fingerprint density at radius 1 is 1.16 bits per heavy atom. The van der Waals surface area contributed by atoms with Gasteiger partial charge in [-0.1, -0.05) is 18.2 Å². The van der Waals surface area contributed by atoms with Gasteiger partial charge in [-0.2, -0.15) is 0 Å². The fourth-order valence-electron chi connectivity index (χ4n) is 3.40. The standard InChI is InChI=1S/C23H30N4O5/c1-13(2)32-23(31)19(9-8-17(29)11-24)27-22(30)20(26-15(4)28)10-16-12-25-21-14(3)6-5-7-18(16)21/h5-7,11-13,19-20,24-25H,8-10H2,1-4H3,(H,26,28)(H,27,30)/t19-,20-/m0/s1. The molecule has 0 saturated heterocycles. The number of ketones is 1. The molecule has 1 heterocycles. The summed E-state index contributed by atoms with van der Waals surface area (Å²) in [4.78, 5) is 52.0. The van der Waals surface area contributed by atoms with Crippen molar-refractivity contribution in [3.63, 3.8) is 0 Å². The van der Waals surface area contributed by atoms with E-state index in [1.54, 1.807) is 20.0 Å². The molecule has 0 saturated carbocycles. The molecule has 2 aromatic rings. The molecule has 32 heavy (non-hydrogen) atoms. The Balaban J connectivity index is 2.23. The van der Waals surface area contributed by atoms with Crippen LogP contribution in [0, 0.1) is 12.3 Å². The van der Waals surface area contributed by atoms with Gasteiger partial charge in [0, 0.05) is 36.9 Å². The zero-order valence-corrected chi connectivity index (χ0v) is 18.8. The summed E-state index contributed by atoms with van der Waals surface area (Å²) >= 11 is 0. The highest BCUT2D eigenvalue weighted by molar-refractivity contribution is 6.26. The zero-order valence-electron chi connectivity index (χ0n) is 18.8. The molecular formula is C23H30N4O5. The molecule has 1 aromatic heterocycles. The molecule has 0 aliphatic heterocycles. The number of hydrogen-bond donors (Lipinski definition) is 4. The van der Waals surface area contributed by atoms with Crippen molar-refractivity contribution in [1.82, 2.24) is 15.6 Å². The summed E-state index contributed by atoms with van der Waals surface area (Å²) < 4.78 is 5.20. The molecule has 9 nitrogen and oxygen atoms in total. The van der Waals surface area contributed by atoms with E-state index in [2.05, 4.69) is 15.6 Å². The first kappa shape index (κ1) is 24.8. The molecule has 0 aliphatic rings. The highest BCUT2D eigenvalue weighted by Gasteiger charge is 2.28. The van der Waals surface area contributed by atoms with Crippen LogP contribution in [-0.2, 0) is 30.3 Å². The van der Waals surface area contributed by atoms with Crippen LogP contribution in [0.5, 0.6) is 0 Å². The van der Waals surface area contributed by atoms with E-state index in [4.69, 9.17) is 10.1 Å². The molecule has 0 unspecified atom stereocenters. The van der Waals surface area contributed by atoms with Gasteiger partial charge in [0.2, 0.25) is 11.8 Å². The molecule has 2 amide bonds. The number of carbonyl (C=O) groups is 4. The second-order valence-electron chi connectivity index (χ2n) is 7.96. The average molecular weight is 443 g/mol. The van der Waals surface area contributed by atoms with E-state index in [1.165, 1.54) is 6.92 Å². The molecule has 0 radical (unpaired) electrons. The molecule has 172 valence electrons. The number of aromatic nitrogens is 1. The van der Waals surface area contributed by atoms with Crippen LogP contribution < -0.4 is 10.6 Å². The maximum absolute atomic E-state index is 13.0. The first-order valence-electron chi connectivity index (χ1n) is 10.5. The number of hydrogen-bond acceptors (Lipinski definition) is 6. The number of benzene rings is 1. The van der Waals surface area contributed by atoms with Gasteiger partial charge >= 0.3 is 5.97 Å². The molecule has 0 bridgehead atoms. The van der Waals surface area contributed by atoms with Crippen molar-refractivity contribution in [2.75, 3.05) is 0 Å². The number of para-hydroxylation sites is 1. The van der Waals surface area contributed by atoms with Crippen molar-refractivity contribution in [1.29, 1.82) is 5.41 Å². The maximum atomic E-state index is 13.0. The number of H-pyrrole nitrogens is 1. The predicted molar refractivity (Wildman–Crippen MR) is 121 cm³/mol. The van der Waals surface area contributed by atoms with Gasteiger partial charge in [0.05, 0.1) is 12.3 Å². The minimum atomic E-state index is -1.07. The van der Waals surface area contributed by atoms with E-state index in [0.29, 0.717) is 6.21 Å². The minimum Gasteiger partial charge on any atom is -0.461 e. The number of esters is 1. The van der Waals surface area contributed by atoms with Gasteiger partial charge in [-0.25, -0.2) is 4.79 Å². The van der Waals surface area contributed by atoms with Gasteiger partial charge in [0.15, 0.2) is 5.78 Å². The predicted octanol–water partition coefficient (Wildman–Crippen LogP) is 1.96. The molecule has 0 fully saturated rings. The van der Waals surface area contributed by atoms with Crippen LogP contribution in [0.25, 0.3) is 10.9 Å². The Morgan fingerprint density at radius 2 is 1.88 bits per heavy atom. The third-order valence-electron chi connectivity index (χ3n) is 4.92. The highest BCUT2D eigenvalue weighted by atomic mass is 16.5. The zero-order chi connectivity index (χ0) is 23.8. The number of aromatic amines is 1. The number of fused-ring (bicyclic) bond motifs is 1. The summed E-state index contributed by atoms with van der Waals surface area (Å²) in [5.41, 5.74) is 2.85. The van der Waals surface area contributed by atoms with Crippen LogP contribution in [0.15, 0.2) is 24.4 Å². The van der Waals surface area contributed by atoms with E-state index in [0.717, 1.165) is 22.0 Å². The monoisotopic (exact) mass is 442 g/mol. The van der Waals surface area contributed by atoms with Crippen LogP contribution >= 0.6 is 0 Å². The van der Waals surface area contributed by atoms with Gasteiger partial charge in [0.25, 0.3) is 0 Å². The fraction of sp³-hybridized carbons (Fsp3) is 0.435. The summed E-state index contributed by atoms with van der Waals surface area (Å²) in [7, 11) is 0. The van der Waals surface area contributed by atoms with E-state index in [-0.39, 0.29) is 25.2 Å². The summed E-state index contributed by atoms with van der Waals surface area (Å²) in [6.45, 7) is 6.64. The normalized spacial score (nSPS) is 12.8. The Labute approximate surface area is 186 Å². The van der Waals surface area contributed by atoms with Gasteiger partial charge in [-0.3, -0.25) is 14.4 Å². The summed E-state index contributed by atoms with van der Waals surface area (Å²) in [5, 5.41) is 13.2. The summed E-state index contributed by atoms with van der Waals surface area (Å²) in [6.07, 6.45) is 2.18. The van der Waals surface area contributed by atoms with Gasteiger partial charge < -0.3 is 25.8 Å². The number of rotatable bonds is 11. The van der Waals surface area contributed by atoms with Crippen molar-refractivity contribution < 1.29 is 23.9 Å². The topological polar surface area (TPSA) is 141 Å². The SMILES string of the molecule is CC(=O)N[C@@H](Cc1c[nH]c2c(C)cccc12)C(=O)N[C@@H](CCC(=O)C=N)C(=O)OC(C)C. The summed E-state index contributed by atoms with van der Waals surface area (Å²) in [6, 6.07) is 3.82. The van der Waals surface area contributed by atoms with Gasteiger partial charge in [0.1, 0.15) is 12.1 Å². The number of carbonyl (C=O) groups excluding carboxylic acids is 4. The Hall–Kier alpha value is -3.49. The van der Waals surface area contributed by atoms with Crippen molar-refractivity contribution >= 4 is 40.7 Å².